The van der Waals surface area contributed by atoms with E-state index in [-0.39, 0.29) is 11.4 Å². The molecule has 2 rings (SSSR count). The zero-order chi connectivity index (χ0) is 15.8. The van der Waals surface area contributed by atoms with Gasteiger partial charge in [0.2, 0.25) is 10.0 Å². The maximum absolute atomic E-state index is 13.2. The van der Waals surface area contributed by atoms with Crippen LogP contribution in [0.2, 0.25) is 0 Å². The van der Waals surface area contributed by atoms with Crippen LogP contribution in [0.5, 0.6) is 0 Å². The number of aryl methyl sites for hydroxylation is 2. The van der Waals surface area contributed by atoms with Crippen LogP contribution >= 0.6 is 0 Å². The van der Waals surface area contributed by atoms with Crippen molar-refractivity contribution < 1.29 is 22.7 Å². The van der Waals surface area contributed by atoms with Crippen LogP contribution in [-0.2, 0) is 14.8 Å². The van der Waals surface area contributed by atoms with E-state index in [4.69, 9.17) is 0 Å². The molecule has 0 amide bonds. The molecular weight excluding hydrogens is 297 g/mol. The summed E-state index contributed by atoms with van der Waals surface area (Å²) in [6, 6.07) is 2.30. The molecule has 1 aromatic rings. The Hall–Kier alpha value is -1.47. The summed E-state index contributed by atoms with van der Waals surface area (Å²) in [6.07, 6.45) is 1.71. The monoisotopic (exact) mass is 315 g/mol. The van der Waals surface area contributed by atoms with Gasteiger partial charge in [-0.25, -0.2) is 17.5 Å². The number of halogens is 1. The standard InChI is InChI=1S/C14H18FNO4S/c1-9-6-11(15)7-10(2)12(9)21(19,20)16-8-14(13(17)18)4-3-5-14/h6-7,16H,3-5,8H2,1-2H3,(H,17,18). The van der Waals surface area contributed by atoms with Gasteiger partial charge in [0.25, 0.3) is 0 Å². The molecule has 2 N–H and O–H groups in total. The molecule has 1 aromatic carbocycles. The fourth-order valence-electron chi connectivity index (χ4n) is 2.70. The number of rotatable bonds is 5. The number of carbonyl (C=O) groups is 1. The van der Waals surface area contributed by atoms with Gasteiger partial charge < -0.3 is 5.11 Å². The zero-order valence-corrected chi connectivity index (χ0v) is 12.8. The van der Waals surface area contributed by atoms with Crippen molar-refractivity contribution in [3.05, 3.63) is 29.1 Å². The van der Waals surface area contributed by atoms with E-state index in [1.807, 2.05) is 0 Å². The van der Waals surface area contributed by atoms with Crippen LogP contribution in [-0.4, -0.2) is 26.0 Å². The molecule has 5 nitrogen and oxygen atoms in total. The number of nitrogens with one attached hydrogen (secondary N) is 1. The van der Waals surface area contributed by atoms with Crippen LogP contribution in [0.15, 0.2) is 17.0 Å². The van der Waals surface area contributed by atoms with Gasteiger partial charge in [0.1, 0.15) is 5.82 Å². The Morgan fingerprint density at radius 2 is 1.86 bits per heavy atom. The second kappa shape index (κ2) is 5.38. The molecule has 0 bridgehead atoms. The van der Waals surface area contributed by atoms with Gasteiger partial charge in [0.15, 0.2) is 0 Å². The van der Waals surface area contributed by atoms with E-state index in [2.05, 4.69) is 4.72 Å². The van der Waals surface area contributed by atoms with E-state index in [1.165, 1.54) is 13.8 Å². The first-order valence-corrected chi connectivity index (χ1v) is 8.16. The molecule has 0 saturated heterocycles. The van der Waals surface area contributed by atoms with Gasteiger partial charge in [-0.2, -0.15) is 0 Å². The van der Waals surface area contributed by atoms with Gasteiger partial charge in [0.05, 0.1) is 10.3 Å². The smallest absolute Gasteiger partial charge is 0.310 e. The highest BCUT2D eigenvalue weighted by Gasteiger charge is 2.45. The van der Waals surface area contributed by atoms with Crippen LogP contribution in [0.4, 0.5) is 4.39 Å². The molecule has 0 atom stereocenters. The minimum atomic E-state index is -3.86. The van der Waals surface area contributed by atoms with Crippen molar-refractivity contribution in [3.63, 3.8) is 0 Å². The van der Waals surface area contributed by atoms with Gasteiger partial charge in [-0.1, -0.05) is 6.42 Å². The largest absolute Gasteiger partial charge is 0.481 e. The first-order valence-electron chi connectivity index (χ1n) is 6.68. The molecule has 1 aliphatic carbocycles. The van der Waals surface area contributed by atoms with Crippen LogP contribution in [0.25, 0.3) is 0 Å². The quantitative estimate of drug-likeness (QED) is 0.870. The molecule has 0 unspecified atom stereocenters. The first kappa shape index (κ1) is 15.9. The van der Waals surface area contributed by atoms with E-state index in [9.17, 15) is 22.7 Å². The third kappa shape index (κ3) is 2.94. The van der Waals surface area contributed by atoms with Crippen LogP contribution in [0.3, 0.4) is 0 Å². The molecule has 116 valence electrons. The molecule has 0 aromatic heterocycles. The lowest BCUT2D eigenvalue weighted by Gasteiger charge is -2.37. The van der Waals surface area contributed by atoms with E-state index in [0.717, 1.165) is 18.6 Å². The molecule has 1 aliphatic rings. The number of benzene rings is 1. The molecule has 0 heterocycles. The maximum Gasteiger partial charge on any atom is 0.310 e. The predicted octanol–water partition coefficient (Wildman–Crippen LogP) is 1.98. The van der Waals surface area contributed by atoms with E-state index in [1.54, 1.807) is 0 Å². The minimum absolute atomic E-state index is 0.0174. The second-order valence-electron chi connectivity index (χ2n) is 5.63. The first-order chi connectivity index (χ1) is 9.68. The summed E-state index contributed by atoms with van der Waals surface area (Å²) >= 11 is 0. The van der Waals surface area contributed by atoms with Gasteiger partial charge >= 0.3 is 5.97 Å². The summed E-state index contributed by atoms with van der Waals surface area (Å²) in [5.41, 5.74) is -0.398. The van der Waals surface area contributed by atoms with Crippen molar-refractivity contribution >= 4 is 16.0 Å². The molecule has 0 spiro atoms. The lowest BCUT2D eigenvalue weighted by Crippen LogP contribution is -2.47. The van der Waals surface area contributed by atoms with Crippen molar-refractivity contribution in [1.82, 2.24) is 4.72 Å². The Labute approximate surface area is 123 Å². The van der Waals surface area contributed by atoms with E-state index in [0.29, 0.717) is 24.0 Å². The SMILES string of the molecule is Cc1cc(F)cc(C)c1S(=O)(=O)NCC1(C(=O)O)CCC1. The summed E-state index contributed by atoms with van der Waals surface area (Å²) in [5.74, 6) is -1.48. The molecular formula is C14H18FNO4S. The Kier molecular flexibility index (Phi) is 4.08. The number of hydrogen-bond acceptors (Lipinski definition) is 3. The fraction of sp³-hybridized carbons (Fsp3) is 0.500. The van der Waals surface area contributed by atoms with Crippen molar-refractivity contribution in [2.24, 2.45) is 5.41 Å². The molecule has 7 heteroatoms. The Balaban J connectivity index is 2.26. The summed E-state index contributed by atoms with van der Waals surface area (Å²) in [5, 5.41) is 9.21. The van der Waals surface area contributed by atoms with Crippen molar-refractivity contribution in [1.29, 1.82) is 0 Å². The van der Waals surface area contributed by atoms with E-state index >= 15 is 0 Å². The number of sulfonamides is 1. The lowest BCUT2D eigenvalue weighted by molar-refractivity contribution is -0.153. The van der Waals surface area contributed by atoms with Gasteiger partial charge in [-0.3, -0.25) is 4.79 Å². The predicted molar refractivity (Wildman–Crippen MR) is 75.0 cm³/mol. The molecule has 1 saturated carbocycles. The van der Waals surface area contributed by atoms with Gasteiger partial charge in [-0.15, -0.1) is 0 Å². The summed E-state index contributed by atoms with van der Waals surface area (Å²) in [6.45, 7) is 2.89. The Bertz CT molecular complexity index is 657. The number of hydrogen-bond donors (Lipinski definition) is 2. The highest BCUT2D eigenvalue weighted by Crippen LogP contribution is 2.40. The molecule has 1 fully saturated rings. The Morgan fingerprint density at radius 3 is 2.24 bits per heavy atom. The molecule has 0 radical (unpaired) electrons. The highest BCUT2D eigenvalue weighted by molar-refractivity contribution is 7.89. The molecule has 0 aliphatic heterocycles. The average Bonchev–Trinajstić information content (AvgIpc) is 2.24. The fourth-order valence-corrected chi connectivity index (χ4v) is 4.27. The third-order valence-corrected chi connectivity index (χ3v) is 5.76. The Morgan fingerprint density at radius 1 is 1.33 bits per heavy atom. The number of carboxylic acid groups (broad SMARTS) is 1. The number of carboxylic acids is 1. The van der Waals surface area contributed by atoms with Crippen molar-refractivity contribution in [2.75, 3.05) is 6.54 Å². The van der Waals surface area contributed by atoms with Crippen LogP contribution < -0.4 is 4.72 Å². The second-order valence-corrected chi connectivity index (χ2v) is 7.34. The summed E-state index contributed by atoms with van der Waals surface area (Å²) in [4.78, 5) is 11.3. The minimum Gasteiger partial charge on any atom is -0.481 e. The third-order valence-electron chi connectivity index (χ3n) is 4.06. The van der Waals surface area contributed by atoms with Crippen LogP contribution in [0.1, 0.15) is 30.4 Å². The van der Waals surface area contributed by atoms with Gasteiger partial charge in [-0.05, 0) is 49.9 Å². The van der Waals surface area contributed by atoms with Gasteiger partial charge in [0, 0.05) is 6.54 Å². The summed E-state index contributed by atoms with van der Waals surface area (Å²) < 4.78 is 40.4. The van der Waals surface area contributed by atoms with Crippen LogP contribution in [0, 0.1) is 25.1 Å². The number of aliphatic carboxylic acids is 1. The zero-order valence-electron chi connectivity index (χ0n) is 11.9. The van der Waals surface area contributed by atoms with Crippen molar-refractivity contribution in [3.8, 4) is 0 Å². The normalized spacial score (nSPS) is 17.3. The topological polar surface area (TPSA) is 83.5 Å². The lowest BCUT2D eigenvalue weighted by atomic mass is 9.69. The average molecular weight is 315 g/mol. The highest BCUT2D eigenvalue weighted by atomic mass is 32.2. The van der Waals surface area contributed by atoms with E-state index < -0.39 is 27.2 Å². The summed E-state index contributed by atoms with van der Waals surface area (Å²) in [7, 11) is -3.86. The molecule has 21 heavy (non-hydrogen) atoms. The maximum atomic E-state index is 13.2. The van der Waals surface area contributed by atoms with Crippen molar-refractivity contribution in [2.45, 2.75) is 38.0 Å².